The normalized spacial score (nSPS) is 10.6. The summed E-state index contributed by atoms with van der Waals surface area (Å²) in [5.74, 6) is 0. The minimum Gasteiger partial charge on any atom is -0.357 e. The maximum Gasteiger partial charge on any atom is 0.171 e. The van der Waals surface area contributed by atoms with Gasteiger partial charge >= 0.3 is 0 Å². The lowest BCUT2D eigenvalue weighted by atomic mass is 10.4. The number of nitrogens with one attached hydrogen (secondary N) is 2. The van der Waals surface area contributed by atoms with Crippen molar-refractivity contribution in [1.82, 2.24) is 24.9 Å². The van der Waals surface area contributed by atoms with E-state index in [2.05, 4.69) is 43.7 Å². The molecule has 0 aliphatic heterocycles. The van der Waals surface area contributed by atoms with E-state index in [9.17, 15) is 0 Å². The van der Waals surface area contributed by atoms with Gasteiger partial charge in [-0.15, -0.1) is 0 Å². The molecule has 2 N–H and O–H groups in total. The second-order valence-corrected chi connectivity index (χ2v) is 5.59. The first-order chi connectivity index (χ1) is 9.52. The van der Waals surface area contributed by atoms with Crippen LogP contribution in [-0.4, -0.2) is 24.7 Å². The van der Waals surface area contributed by atoms with E-state index in [1.165, 1.54) is 0 Å². The Morgan fingerprint density at radius 2 is 2.15 bits per heavy atom. The number of aromatic nitrogens is 4. The van der Waals surface area contributed by atoms with Crippen molar-refractivity contribution < 1.29 is 0 Å². The van der Waals surface area contributed by atoms with E-state index >= 15 is 0 Å². The Bertz CT molecular complexity index is 617. The zero-order valence-electron chi connectivity index (χ0n) is 11.6. The minimum atomic E-state index is 0.567. The van der Waals surface area contributed by atoms with Crippen LogP contribution < -0.4 is 10.6 Å². The van der Waals surface area contributed by atoms with Gasteiger partial charge in [0.25, 0.3) is 0 Å². The molecule has 0 fully saturated rings. The van der Waals surface area contributed by atoms with Crippen LogP contribution in [0.1, 0.15) is 18.3 Å². The first-order valence-corrected chi connectivity index (χ1v) is 7.46. The van der Waals surface area contributed by atoms with E-state index in [0.717, 1.165) is 28.1 Å². The zero-order valence-corrected chi connectivity index (χ0v) is 14.0. The first kappa shape index (κ1) is 15.0. The molecule has 0 aliphatic carbocycles. The molecule has 0 bridgehead atoms. The molecule has 0 radical (unpaired) electrons. The molecule has 0 spiro atoms. The van der Waals surface area contributed by atoms with Crippen molar-refractivity contribution in [1.29, 1.82) is 0 Å². The summed E-state index contributed by atoms with van der Waals surface area (Å²) >= 11 is 8.79. The quantitative estimate of drug-likeness (QED) is 0.822. The largest absolute Gasteiger partial charge is 0.357 e. The van der Waals surface area contributed by atoms with Gasteiger partial charge in [0.2, 0.25) is 0 Å². The molecule has 0 saturated carbocycles. The minimum absolute atomic E-state index is 0.567. The molecular weight excluding hydrogens is 340 g/mol. The first-order valence-electron chi connectivity index (χ1n) is 6.26. The lowest BCUT2D eigenvalue weighted by Gasteiger charge is -2.11. The van der Waals surface area contributed by atoms with E-state index in [4.69, 9.17) is 12.2 Å². The molecule has 0 unspecified atom stereocenters. The van der Waals surface area contributed by atoms with Gasteiger partial charge in [0, 0.05) is 13.6 Å². The Morgan fingerprint density at radius 3 is 2.75 bits per heavy atom. The molecule has 0 saturated heterocycles. The smallest absolute Gasteiger partial charge is 0.171 e. The van der Waals surface area contributed by atoms with Crippen molar-refractivity contribution in [2.24, 2.45) is 7.05 Å². The summed E-state index contributed by atoms with van der Waals surface area (Å²) in [6.07, 6.45) is 3.55. The van der Waals surface area contributed by atoms with Crippen molar-refractivity contribution in [3.05, 3.63) is 28.3 Å². The third-order valence-corrected chi connectivity index (χ3v) is 4.01. The highest BCUT2D eigenvalue weighted by atomic mass is 79.9. The van der Waals surface area contributed by atoms with Crippen molar-refractivity contribution >= 4 is 38.9 Å². The Morgan fingerprint density at radius 1 is 1.40 bits per heavy atom. The molecule has 6 nitrogen and oxygen atoms in total. The topological polar surface area (TPSA) is 59.7 Å². The van der Waals surface area contributed by atoms with Crippen LogP contribution in [-0.2, 0) is 20.1 Å². The van der Waals surface area contributed by atoms with Crippen LogP contribution in [0.4, 0.5) is 5.69 Å². The third kappa shape index (κ3) is 3.18. The summed E-state index contributed by atoms with van der Waals surface area (Å²) in [5.41, 5.74) is 3.02. The summed E-state index contributed by atoms with van der Waals surface area (Å²) in [6, 6.07) is 0. The zero-order chi connectivity index (χ0) is 14.7. The molecule has 0 atom stereocenters. The molecular formula is C12H17BrN6S. The molecule has 20 heavy (non-hydrogen) atoms. The fraction of sp³-hybridized carbons (Fsp3) is 0.417. The van der Waals surface area contributed by atoms with E-state index in [-0.39, 0.29) is 0 Å². The van der Waals surface area contributed by atoms with Gasteiger partial charge < -0.3 is 10.6 Å². The molecule has 0 amide bonds. The van der Waals surface area contributed by atoms with Gasteiger partial charge in [0.05, 0.1) is 40.5 Å². The van der Waals surface area contributed by atoms with Crippen molar-refractivity contribution in [2.75, 3.05) is 5.32 Å². The summed E-state index contributed by atoms with van der Waals surface area (Å²) in [5, 5.41) is 15.3. The van der Waals surface area contributed by atoms with Gasteiger partial charge in [-0.3, -0.25) is 9.36 Å². The number of hydrogen-bond donors (Lipinski definition) is 2. The lowest BCUT2D eigenvalue weighted by Crippen LogP contribution is -2.29. The fourth-order valence-electron chi connectivity index (χ4n) is 1.79. The van der Waals surface area contributed by atoms with Crippen LogP contribution in [0.15, 0.2) is 16.9 Å². The Labute approximate surface area is 131 Å². The van der Waals surface area contributed by atoms with Crippen molar-refractivity contribution in [3.8, 4) is 0 Å². The SMILES string of the molecule is CCn1ncc(Br)c1CNC(=S)Nc1cnn(C)c1C. The number of nitrogens with zero attached hydrogens (tertiary/aromatic N) is 4. The molecule has 0 aromatic carbocycles. The number of halogens is 1. The molecule has 2 heterocycles. The van der Waals surface area contributed by atoms with Crippen LogP contribution in [0.5, 0.6) is 0 Å². The molecule has 0 aliphatic rings. The van der Waals surface area contributed by atoms with Crippen LogP contribution in [0.2, 0.25) is 0 Å². The van der Waals surface area contributed by atoms with Crippen LogP contribution >= 0.6 is 28.1 Å². The second-order valence-electron chi connectivity index (χ2n) is 4.33. The van der Waals surface area contributed by atoms with Crippen LogP contribution in [0.25, 0.3) is 0 Å². The van der Waals surface area contributed by atoms with E-state index in [1.54, 1.807) is 17.1 Å². The van der Waals surface area contributed by atoms with Gasteiger partial charge in [-0.1, -0.05) is 0 Å². The molecule has 108 valence electrons. The summed E-state index contributed by atoms with van der Waals surface area (Å²) < 4.78 is 4.70. The molecule has 8 heteroatoms. The fourth-order valence-corrected chi connectivity index (χ4v) is 2.41. The number of thiocarbonyl (C=S) groups is 1. The number of rotatable bonds is 4. The van der Waals surface area contributed by atoms with Crippen molar-refractivity contribution in [2.45, 2.75) is 26.9 Å². The number of aryl methyl sites for hydroxylation is 2. The maximum atomic E-state index is 5.30. The van der Waals surface area contributed by atoms with Crippen molar-refractivity contribution in [3.63, 3.8) is 0 Å². The summed E-state index contributed by atoms with van der Waals surface area (Å²) in [4.78, 5) is 0. The van der Waals surface area contributed by atoms with Gasteiger partial charge in [0.15, 0.2) is 5.11 Å². The summed E-state index contributed by atoms with van der Waals surface area (Å²) in [7, 11) is 1.90. The number of hydrogen-bond acceptors (Lipinski definition) is 3. The third-order valence-electron chi connectivity index (χ3n) is 3.10. The van der Waals surface area contributed by atoms with E-state index < -0.39 is 0 Å². The van der Waals surface area contributed by atoms with Gasteiger partial charge in [-0.2, -0.15) is 10.2 Å². The van der Waals surface area contributed by atoms with Gasteiger partial charge in [0.1, 0.15) is 0 Å². The number of anilines is 1. The highest BCUT2D eigenvalue weighted by Gasteiger charge is 2.09. The molecule has 2 aromatic rings. The van der Waals surface area contributed by atoms with Gasteiger partial charge in [-0.05, 0) is 42.0 Å². The van der Waals surface area contributed by atoms with E-state index in [1.807, 2.05) is 18.7 Å². The Kier molecular flexibility index (Phi) is 4.77. The lowest BCUT2D eigenvalue weighted by molar-refractivity contribution is 0.613. The highest BCUT2D eigenvalue weighted by Crippen LogP contribution is 2.16. The monoisotopic (exact) mass is 356 g/mol. The predicted molar refractivity (Wildman–Crippen MR) is 86.6 cm³/mol. The van der Waals surface area contributed by atoms with Crippen LogP contribution in [0.3, 0.4) is 0 Å². The average molecular weight is 357 g/mol. The average Bonchev–Trinajstić information content (AvgIpc) is 2.93. The maximum absolute atomic E-state index is 5.30. The highest BCUT2D eigenvalue weighted by molar-refractivity contribution is 9.10. The van der Waals surface area contributed by atoms with E-state index in [0.29, 0.717) is 11.7 Å². The standard InChI is InChI=1S/C12H17BrN6S/c1-4-19-11(9(13)5-16-19)7-14-12(20)17-10-6-15-18(3)8(10)2/h5-6H,4,7H2,1-3H3,(H2,14,17,20). The molecule has 2 rings (SSSR count). The summed E-state index contributed by atoms with van der Waals surface area (Å²) in [6.45, 7) is 5.48. The molecule has 2 aromatic heterocycles. The second kappa shape index (κ2) is 6.36. The van der Waals surface area contributed by atoms with Crippen LogP contribution in [0, 0.1) is 6.92 Å². The van der Waals surface area contributed by atoms with Gasteiger partial charge in [-0.25, -0.2) is 0 Å². The Hall–Kier alpha value is -1.41. The predicted octanol–water partition coefficient (Wildman–Crippen LogP) is 2.19. The Balaban J connectivity index is 1.95.